The molecule has 0 unspecified atom stereocenters. The summed E-state index contributed by atoms with van der Waals surface area (Å²) in [4.78, 5) is 25.5. The zero-order chi connectivity index (χ0) is 16.3. The van der Waals surface area contributed by atoms with Crippen LogP contribution in [0, 0.1) is 10.1 Å². The molecule has 0 radical (unpaired) electrons. The number of hydrogen-bond acceptors (Lipinski definition) is 5. The first kappa shape index (κ1) is 16.4. The molecule has 0 saturated heterocycles. The normalized spacial score (nSPS) is 10.3. The van der Waals surface area contributed by atoms with Crippen LogP contribution in [0.25, 0.3) is 0 Å². The molecule has 2 rings (SSSR count). The Morgan fingerprint density at radius 1 is 1.41 bits per heavy atom. The van der Waals surface area contributed by atoms with Crippen LogP contribution in [0.3, 0.4) is 0 Å². The molecule has 1 aromatic carbocycles. The third-order valence-electron chi connectivity index (χ3n) is 3.08. The molecule has 22 heavy (non-hydrogen) atoms. The second-order valence-electron chi connectivity index (χ2n) is 4.60. The summed E-state index contributed by atoms with van der Waals surface area (Å²) in [5.41, 5.74) is 0.749. The topological polar surface area (TPSA) is 75.5 Å². The van der Waals surface area contributed by atoms with Crippen LogP contribution in [0.1, 0.15) is 15.2 Å². The maximum atomic E-state index is 12.6. The predicted octanol–water partition coefficient (Wildman–Crippen LogP) is 3.73. The molecule has 1 aromatic heterocycles. The number of thiophene rings is 1. The molecule has 1 heterocycles. The van der Waals surface area contributed by atoms with E-state index >= 15 is 0 Å². The van der Waals surface area contributed by atoms with Crippen LogP contribution in [0.4, 0.5) is 11.4 Å². The van der Waals surface area contributed by atoms with Gasteiger partial charge in [0.25, 0.3) is 11.6 Å². The summed E-state index contributed by atoms with van der Waals surface area (Å²) in [5, 5.41) is 13.8. The molecule has 2 aromatic rings. The van der Waals surface area contributed by atoms with E-state index in [2.05, 4.69) is 21.2 Å². The number of anilines is 1. The van der Waals surface area contributed by atoms with Gasteiger partial charge in [-0.25, -0.2) is 0 Å². The van der Waals surface area contributed by atoms with Crippen molar-refractivity contribution in [2.45, 2.75) is 6.54 Å². The SMILES string of the molecule is CNc1ccc([N+](=O)[O-])cc1C(=O)N(C)Cc1ccc(Br)s1. The summed E-state index contributed by atoms with van der Waals surface area (Å²) in [5.74, 6) is -0.266. The number of nitrogens with zero attached hydrogens (tertiary/aromatic N) is 2. The standard InChI is InChI=1S/C14H14BrN3O3S/c1-16-12-5-3-9(18(20)21)7-11(12)14(19)17(2)8-10-4-6-13(15)22-10/h3-7,16H,8H2,1-2H3. The molecule has 1 amide bonds. The number of nitro benzene ring substituents is 1. The molecule has 0 saturated carbocycles. The number of nitro groups is 1. The lowest BCUT2D eigenvalue weighted by Crippen LogP contribution is -2.26. The van der Waals surface area contributed by atoms with E-state index in [-0.39, 0.29) is 17.2 Å². The van der Waals surface area contributed by atoms with Crippen LogP contribution >= 0.6 is 27.3 Å². The van der Waals surface area contributed by atoms with Gasteiger partial charge in [0.1, 0.15) is 0 Å². The van der Waals surface area contributed by atoms with Crippen LogP contribution in [-0.2, 0) is 6.54 Å². The largest absolute Gasteiger partial charge is 0.387 e. The van der Waals surface area contributed by atoms with E-state index in [9.17, 15) is 14.9 Å². The van der Waals surface area contributed by atoms with E-state index < -0.39 is 4.92 Å². The second-order valence-corrected chi connectivity index (χ2v) is 7.15. The fourth-order valence-electron chi connectivity index (χ4n) is 1.99. The highest BCUT2D eigenvalue weighted by Gasteiger charge is 2.19. The van der Waals surface area contributed by atoms with Gasteiger partial charge in [0.05, 0.1) is 20.8 Å². The van der Waals surface area contributed by atoms with Crippen LogP contribution in [0.15, 0.2) is 34.1 Å². The molecular weight excluding hydrogens is 370 g/mol. The summed E-state index contributed by atoms with van der Waals surface area (Å²) in [6, 6.07) is 8.07. The Morgan fingerprint density at radius 3 is 2.68 bits per heavy atom. The summed E-state index contributed by atoms with van der Waals surface area (Å²) in [7, 11) is 3.35. The lowest BCUT2D eigenvalue weighted by Gasteiger charge is -2.18. The average molecular weight is 384 g/mol. The van der Waals surface area contributed by atoms with Gasteiger partial charge in [-0.1, -0.05) is 0 Å². The Bertz CT molecular complexity index is 717. The number of nitrogens with one attached hydrogen (secondary N) is 1. The van der Waals surface area contributed by atoms with Gasteiger partial charge < -0.3 is 10.2 Å². The van der Waals surface area contributed by atoms with Crippen molar-refractivity contribution in [3.8, 4) is 0 Å². The minimum atomic E-state index is -0.507. The van der Waals surface area contributed by atoms with E-state index in [1.807, 2.05) is 12.1 Å². The Hall–Kier alpha value is -1.93. The fraction of sp³-hybridized carbons (Fsp3) is 0.214. The van der Waals surface area contributed by atoms with Crippen molar-refractivity contribution in [3.63, 3.8) is 0 Å². The number of hydrogen-bond donors (Lipinski definition) is 1. The lowest BCUT2D eigenvalue weighted by atomic mass is 10.1. The lowest BCUT2D eigenvalue weighted by molar-refractivity contribution is -0.384. The molecule has 0 aliphatic rings. The Morgan fingerprint density at radius 2 is 2.14 bits per heavy atom. The monoisotopic (exact) mass is 383 g/mol. The summed E-state index contributed by atoms with van der Waals surface area (Å²) >= 11 is 4.93. The minimum Gasteiger partial charge on any atom is -0.387 e. The highest BCUT2D eigenvalue weighted by molar-refractivity contribution is 9.11. The first-order chi connectivity index (χ1) is 10.4. The zero-order valence-corrected chi connectivity index (χ0v) is 14.4. The second kappa shape index (κ2) is 6.89. The smallest absolute Gasteiger partial charge is 0.270 e. The molecule has 0 spiro atoms. The van der Waals surface area contributed by atoms with Crippen LogP contribution in [-0.4, -0.2) is 29.8 Å². The molecule has 0 bridgehead atoms. The van der Waals surface area contributed by atoms with Crippen molar-refractivity contribution in [2.24, 2.45) is 0 Å². The molecule has 0 atom stereocenters. The molecule has 1 N–H and O–H groups in total. The number of carbonyl (C=O) groups excluding carboxylic acids is 1. The van der Waals surface area contributed by atoms with E-state index in [4.69, 9.17) is 0 Å². The average Bonchev–Trinajstić information content (AvgIpc) is 2.90. The van der Waals surface area contributed by atoms with Gasteiger partial charge in [-0.3, -0.25) is 14.9 Å². The van der Waals surface area contributed by atoms with Crippen LogP contribution in [0.2, 0.25) is 0 Å². The maximum Gasteiger partial charge on any atom is 0.270 e. The van der Waals surface area contributed by atoms with Crippen molar-refractivity contribution in [1.29, 1.82) is 0 Å². The van der Waals surface area contributed by atoms with E-state index in [1.165, 1.54) is 17.0 Å². The number of rotatable bonds is 5. The first-order valence-corrected chi connectivity index (χ1v) is 7.99. The van der Waals surface area contributed by atoms with Gasteiger partial charge in [-0.05, 0) is 34.1 Å². The fourth-order valence-corrected chi connectivity index (χ4v) is 3.53. The Kier molecular flexibility index (Phi) is 5.15. The summed E-state index contributed by atoms with van der Waals surface area (Å²) in [6.07, 6.45) is 0. The summed E-state index contributed by atoms with van der Waals surface area (Å²) < 4.78 is 0.995. The Labute approximate surface area is 140 Å². The number of benzene rings is 1. The number of amides is 1. The van der Waals surface area contributed by atoms with Crippen molar-refractivity contribution < 1.29 is 9.72 Å². The molecule has 6 nitrogen and oxygen atoms in total. The maximum absolute atomic E-state index is 12.6. The first-order valence-electron chi connectivity index (χ1n) is 6.38. The third-order valence-corrected chi connectivity index (χ3v) is 4.69. The van der Waals surface area contributed by atoms with E-state index in [1.54, 1.807) is 31.5 Å². The van der Waals surface area contributed by atoms with Gasteiger partial charge in [-0.2, -0.15) is 0 Å². The molecule has 116 valence electrons. The predicted molar refractivity (Wildman–Crippen MR) is 90.5 cm³/mol. The van der Waals surface area contributed by atoms with Crippen molar-refractivity contribution in [3.05, 3.63) is 54.7 Å². The van der Waals surface area contributed by atoms with Crippen molar-refractivity contribution in [2.75, 3.05) is 19.4 Å². The van der Waals surface area contributed by atoms with E-state index in [0.29, 0.717) is 12.2 Å². The third kappa shape index (κ3) is 3.63. The van der Waals surface area contributed by atoms with Crippen molar-refractivity contribution in [1.82, 2.24) is 4.90 Å². The minimum absolute atomic E-state index is 0.102. The van der Waals surface area contributed by atoms with Gasteiger partial charge in [0.2, 0.25) is 0 Å². The zero-order valence-electron chi connectivity index (χ0n) is 12.0. The summed E-state index contributed by atoms with van der Waals surface area (Å²) in [6.45, 7) is 0.445. The van der Waals surface area contributed by atoms with Gasteiger partial charge in [-0.15, -0.1) is 11.3 Å². The molecule has 0 fully saturated rings. The number of halogens is 1. The van der Waals surface area contributed by atoms with Crippen molar-refractivity contribution >= 4 is 44.5 Å². The molecular formula is C14H14BrN3O3S. The van der Waals surface area contributed by atoms with Crippen LogP contribution < -0.4 is 5.32 Å². The molecule has 0 aliphatic carbocycles. The number of non-ortho nitro benzene ring substituents is 1. The number of carbonyl (C=O) groups is 1. The van der Waals surface area contributed by atoms with Gasteiger partial charge >= 0.3 is 0 Å². The molecule has 8 heteroatoms. The highest BCUT2D eigenvalue weighted by Crippen LogP contribution is 2.26. The van der Waals surface area contributed by atoms with Gasteiger partial charge in [0, 0.05) is 36.8 Å². The Balaban J connectivity index is 2.27. The quantitative estimate of drug-likeness (QED) is 0.630. The van der Waals surface area contributed by atoms with Crippen LogP contribution in [0.5, 0.6) is 0 Å². The highest BCUT2D eigenvalue weighted by atomic mass is 79.9. The molecule has 0 aliphatic heterocycles. The van der Waals surface area contributed by atoms with E-state index in [0.717, 1.165) is 8.66 Å². The van der Waals surface area contributed by atoms with Gasteiger partial charge in [0.15, 0.2) is 0 Å².